The van der Waals surface area contributed by atoms with E-state index in [9.17, 15) is 13.2 Å². The van der Waals surface area contributed by atoms with Crippen LogP contribution in [-0.2, 0) is 6.54 Å². The lowest BCUT2D eigenvalue weighted by Gasteiger charge is -2.33. The number of aryl methyl sites for hydroxylation is 1. The van der Waals surface area contributed by atoms with Gasteiger partial charge in [-0.2, -0.15) is 13.2 Å². The fourth-order valence-electron chi connectivity index (χ4n) is 2.40. The molecule has 2 heterocycles. The Balaban J connectivity index is 2.04. The van der Waals surface area contributed by atoms with E-state index in [0.29, 0.717) is 19.6 Å². The molecule has 0 spiro atoms. The zero-order valence-corrected chi connectivity index (χ0v) is 10.9. The second-order valence-corrected chi connectivity index (χ2v) is 4.92. The summed E-state index contributed by atoms with van der Waals surface area (Å²) in [7, 11) is 0. The van der Waals surface area contributed by atoms with Crippen LogP contribution in [0.4, 0.5) is 19.0 Å². The highest BCUT2D eigenvalue weighted by molar-refractivity contribution is 5.42. The summed E-state index contributed by atoms with van der Waals surface area (Å²) < 4.78 is 37.8. The van der Waals surface area contributed by atoms with Gasteiger partial charge in [0.15, 0.2) is 0 Å². The largest absolute Gasteiger partial charge is 0.391 e. The Morgan fingerprint density at radius 1 is 1.32 bits per heavy atom. The number of aromatic nitrogens is 1. The summed E-state index contributed by atoms with van der Waals surface area (Å²) in [6.07, 6.45) is -3.79. The number of rotatable bonds is 2. The number of pyridine rings is 1. The lowest BCUT2D eigenvalue weighted by molar-refractivity contribution is -0.179. The Labute approximate surface area is 110 Å². The standard InChI is InChI=1S/C13H18F3N3/c1-9-10(8-17)2-3-12(18-9)19-6-4-11(5-7-19)13(14,15)16/h2-3,11H,4-8,17H2,1H3. The van der Waals surface area contributed by atoms with Crippen LogP contribution in [0, 0.1) is 12.8 Å². The fraction of sp³-hybridized carbons (Fsp3) is 0.615. The monoisotopic (exact) mass is 273 g/mol. The van der Waals surface area contributed by atoms with E-state index >= 15 is 0 Å². The summed E-state index contributed by atoms with van der Waals surface area (Å²) in [6, 6.07) is 3.73. The van der Waals surface area contributed by atoms with Gasteiger partial charge in [-0.25, -0.2) is 4.98 Å². The number of anilines is 1. The second-order valence-electron chi connectivity index (χ2n) is 4.92. The van der Waals surface area contributed by atoms with E-state index in [0.717, 1.165) is 17.1 Å². The molecule has 1 aliphatic heterocycles. The third kappa shape index (κ3) is 3.18. The Morgan fingerprint density at radius 2 is 1.95 bits per heavy atom. The van der Waals surface area contributed by atoms with Crippen LogP contribution in [0.5, 0.6) is 0 Å². The maximum Gasteiger partial charge on any atom is 0.391 e. The third-order valence-electron chi connectivity index (χ3n) is 3.68. The van der Waals surface area contributed by atoms with E-state index in [1.165, 1.54) is 0 Å². The first-order valence-corrected chi connectivity index (χ1v) is 6.40. The average molecular weight is 273 g/mol. The highest BCUT2D eigenvalue weighted by Gasteiger charge is 2.41. The second kappa shape index (κ2) is 5.36. The summed E-state index contributed by atoms with van der Waals surface area (Å²) in [5.74, 6) is -0.427. The van der Waals surface area contributed by atoms with E-state index < -0.39 is 12.1 Å². The number of nitrogens with zero attached hydrogens (tertiary/aromatic N) is 2. The number of hydrogen-bond acceptors (Lipinski definition) is 3. The summed E-state index contributed by atoms with van der Waals surface area (Å²) in [4.78, 5) is 6.33. The Morgan fingerprint density at radius 3 is 2.42 bits per heavy atom. The van der Waals surface area contributed by atoms with Gasteiger partial charge < -0.3 is 10.6 Å². The summed E-state index contributed by atoms with van der Waals surface area (Å²) in [5.41, 5.74) is 7.38. The molecule has 0 amide bonds. The van der Waals surface area contributed by atoms with E-state index in [-0.39, 0.29) is 12.8 Å². The van der Waals surface area contributed by atoms with Crippen molar-refractivity contribution < 1.29 is 13.2 Å². The molecule has 3 nitrogen and oxygen atoms in total. The van der Waals surface area contributed by atoms with Gasteiger partial charge in [0.05, 0.1) is 5.92 Å². The van der Waals surface area contributed by atoms with Gasteiger partial charge in [0.25, 0.3) is 0 Å². The Hall–Kier alpha value is -1.30. The quantitative estimate of drug-likeness (QED) is 0.900. The zero-order chi connectivity index (χ0) is 14.0. The van der Waals surface area contributed by atoms with Gasteiger partial charge in [0.2, 0.25) is 0 Å². The minimum absolute atomic E-state index is 0.142. The Kier molecular flexibility index (Phi) is 3.99. The van der Waals surface area contributed by atoms with Crippen molar-refractivity contribution in [2.45, 2.75) is 32.5 Å². The molecule has 106 valence electrons. The van der Waals surface area contributed by atoms with Crippen LogP contribution in [0.15, 0.2) is 12.1 Å². The first-order chi connectivity index (χ1) is 8.91. The SMILES string of the molecule is Cc1nc(N2CCC(C(F)(F)F)CC2)ccc1CN. The van der Waals surface area contributed by atoms with Gasteiger partial charge in [-0.05, 0) is 31.4 Å². The van der Waals surface area contributed by atoms with Crippen LogP contribution >= 0.6 is 0 Å². The molecule has 6 heteroatoms. The molecule has 0 aliphatic carbocycles. The molecule has 0 atom stereocenters. The molecular formula is C13H18F3N3. The van der Waals surface area contributed by atoms with Crippen LogP contribution in [0.25, 0.3) is 0 Å². The molecule has 1 aliphatic rings. The highest BCUT2D eigenvalue weighted by atomic mass is 19.4. The molecule has 0 radical (unpaired) electrons. The molecule has 0 aromatic carbocycles. The van der Waals surface area contributed by atoms with Crippen LogP contribution in [0.3, 0.4) is 0 Å². The van der Waals surface area contributed by atoms with Crippen LogP contribution in [0.2, 0.25) is 0 Å². The maximum atomic E-state index is 12.6. The Bertz CT molecular complexity index is 437. The molecule has 2 rings (SSSR count). The first-order valence-electron chi connectivity index (χ1n) is 6.40. The molecule has 0 saturated carbocycles. The summed E-state index contributed by atoms with van der Waals surface area (Å²) >= 11 is 0. The number of alkyl halides is 3. The van der Waals surface area contributed by atoms with E-state index in [4.69, 9.17) is 5.73 Å². The van der Waals surface area contributed by atoms with Crippen LogP contribution in [-0.4, -0.2) is 24.2 Å². The van der Waals surface area contributed by atoms with Gasteiger partial charge in [-0.15, -0.1) is 0 Å². The molecular weight excluding hydrogens is 255 g/mol. The van der Waals surface area contributed by atoms with Crippen molar-refractivity contribution in [1.82, 2.24) is 4.98 Å². The molecule has 19 heavy (non-hydrogen) atoms. The molecule has 2 N–H and O–H groups in total. The summed E-state index contributed by atoms with van der Waals surface area (Å²) in [5, 5.41) is 0. The van der Waals surface area contributed by atoms with Gasteiger partial charge in [0, 0.05) is 25.3 Å². The fourth-order valence-corrected chi connectivity index (χ4v) is 2.40. The lowest BCUT2D eigenvalue weighted by Crippen LogP contribution is -2.39. The predicted octanol–water partition coefficient (Wildman–Crippen LogP) is 2.63. The van der Waals surface area contributed by atoms with Gasteiger partial charge >= 0.3 is 6.18 Å². The minimum atomic E-state index is -4.07. The molecule has 1 fully saturated rings. The first kappa shape index (κ1) is 14.1. The van der Waals surface area contributed by atoms with Crippen molar-refractivity contribution >= 4 is 5.82 Å². The summed E-state index contributed by atoms with van der Waals surface area (Å²) in [6.45, 7) is 3.10. The van der Waals surface area contributed by atoms with Crippen LogP contribution < -0.4 is 10.6 Å². The normalized spacial score (nSPS) is 17.8. The average Bonchev–Trinajstić information content (AvgIpc) is 2.38. The molecule has 1 aromatic heterocycles. The third-order valence-corrected chi connectivity index (χ3v) is 3.68. The van der Waals surface area contributed by atoms with Crippen LogP contribution in [0.1, 0.15) is 24.1 Å². The topological polar surface area (TPSA) is 42.2 Å². The van der Waals surface area contributed by atoms with E-state index in [2.05, 4.69) is 4.98 Å². The van der Waals surface area contributed by atoms with E-state index in [1.807, 2.05) is 24.0 Å². The smallest absolute Gasteiger partial charge is 0.357 e. The van der Waals surface area contributed by atoms with Gasteiger partial charge in [-0.1, -0.05) is 6.07 Å². The molecule has 0 bridgehead atoms. The minimum Gasteiger partial charge on any atom is -0.357 e. The lowest BCUT2D eigenvalue weighted by atomic mass is 9.96. The maximum absolute atomic E-state index is 12.6. The molecule has 1 saturated heterocycles. The van der Waals surface area contributed by atoms with E-state index in [1.54, 1.807) is 0 Å². The predicted molar refractivity (Wildman–Crippen MR) is 67.9 cm³/mol. The van der Waals surface area contributed by atoms with Crippen molar-refractivity contribution in [2.75, 3.05) is 18.0 Å². The van der Waals surface area contributed by atoms with Crippen molar-refractivity contribution in [3.05, 3.63) is 23.4 Å². The number of hydrogen-bond donors (Lipinski definition) is 1. The van der Waals surface area contributed by atoms with Gasteiger partial charge in [0.1, 0.15) is 5.82 Å². The number of piperidine rings is 1. The molecule has 0 unspecified atom stereocenters. The van der Waals surface area contributed by atoms with Crippen molar-refractivity contribution in [3.63, 3.8) is 0 Å². The number of halogens is 3. The number of nitrogens with two attached hydrogens (primary N) is 1. The zero-order valence-electron chi connectivity index (χ0n) is 10.9. The van der Waals surface area contributed by atoms with Crippen molar-refractivity contribution in [1.29, 1.82) is 0 Å². The highest BCUT2D eigenvalue weighted by Crippen LogP contribution is 2.35. The van der Waals surface area contributed by atoms with Crippen molar-refractivity contribution in [2.24, 2.45) is 11.7 Å². The van der Waals surface area contributed by atoms with Gasteiger partial charge in [-0.3, -0.25) is 0 Å². The molecule has 1 aromatic rings. The van der Waals surface area contributed by atoms with Crippen molar-refractivity contribution in [3.8, 4) is 0 Å².